The van der Waals surface area contributed by atoms with Gasteiger partial charge in [-0.25, -0.2) is 14.8 Å². The Bertz CT molecular complexity index is 1090. The monoisotopic (exact) mass is 394 g/mol. The molecule has 0 unspecified atom stereocenters. The standard InChI is InChI=1S/C20H18N4O5/c25-15-12-17(29-16-5-2-1-4-14(15)16)19(27)28-13-18(26)23-8-10-24(11-9-23)20-21-6-3-7-22-20/h1-7,12H,8-11,13H2. The van der Waals surface area contributed by atoms with Crippen molar-refractivity contribution >= 4 is 28.8 Å². The van der Waals surface area contributed by atoms with Crippen molar-refractivity contribution in [1.29, 1.82) is 0 Å². The van der Waals surface area contributed by atoms with Crippen molar-refractivity contribution in [1.82, 2.24) is 14.9 Å². The van der Waals surface area contributed by atoms with Crippen LogP contribution in [-0.2, 0) is 9.53 Å². The minimum atomic E-state index is -0.850. The molecule has 0 saturated carbocycles. The van der Waals surface area contributed by atoms with E-state index in [1.807, 2.05) is 4.90 Å². The fourth-order valence-electron chi connectivity index (χ4n) is 3.10. The molecule has 1 amide bonds. The summed E-state index contributed by atoms with van der Waals surface area (Å²) < 4.78 is 10.5. The molecule has 29 heavy (non-hydrogen) atoms. The van der Waals surface area contributed by atoms with Crippen molar-refractivity contribution in [2.75, 3.05) is 37.7 Å². The van der Waals surface area contributed by atoms with Crippen molar-refractivity contribution in [2.24, 2.45) is 0 Å². The number of fused-ring (bicyclic) bond motifs is 1. The van der Waals surface area contributed by atoms with E-state index in [0.29, 0.717) is 37.5 Å². The summed E-state index contributed by atoms with van der Waals surface area (Å²) in [5.74, 6) is -0.766. The zero-order valence-corrected chi connectivity index (χ0v) is 15.5. The van der Waals surface area contributed by atoms with Gasteiger partial charge in [-0.15, -0.1) is 0 Å². The summed E-state index contributed by atoms with van der Waals surface area (Å²) in [6, 6.07) is 9.43. The number of amides is 1. The largest absolute Gasteiger partial charge is 0.450 e. The Kier molecular flexibility index (Phi) is 5.19. The molecule has 9 nitrogen and oxygen atoms in total. The van der Waals surface area contributed by atoms with E-state index in [2.05, 4.69) is 9.97 Å². The predicted octanol–water partition coefficient (Wildman–Crippen LogP) is 1.09. The summed E-state index contributed by atoms with van der Waals surface area (Å²) >= 11 is 0. The van der Waals surface area contributed by atoms with Crippen LogP contribution in [0.3, 0.4) is 0 Å². The minimum Gasteiger partial charge on any atom is -0.450 e. The summed E-state index contributed by atoms with van der Waals surface area (Å²) in [5.41, 5.74) is -0.0538. The number of benzene rings is 1. The summed E-state index contributed by atoms with van der Waals surface area (Å²) in [6.07, 6.45) is 3.34. The van der Waals surface area contributed by atoms with E-state index in [-0.39, 0.29) is 22.7 Å². The second-order valence-electron chi connectivity index (χ2n) is 6.46. The number of piperazine rings is 1. The molecule has 4 rings (SSSR count). The number of esters is 1. The number of carbonyl (C=O) groups excluding carboxylic acids is 2. The Labute approximate surface area is 165 Å². The Morgan fingerprint density at radius 2 is 1.76 bits per heavy atom. The van der Waals surface area contributed by atoms with Crippen LogP contribution >= 0.6 is 0 Å². The van der Waals surface area contributed by atoms with Crippen molar-refractivity contribution in [3.63, 3.8) is 0 Å². The quantitative estimate of drug-likeness (QED) is 0.606. The molecule has 9 heteroatoms. The fraction of sp³-hybridized carbons (Fsp3) is 0.250. The third-order valence-corrected chi connectivity index (χ3v) is 4.63. The molecular formula is C20H18N4O5. The van der Waals surface area contributed by atoms with Crippen molar-refractivity contribution < 1.29 is 18.7 Å². The van der Waals surface area contributed by atoms with Gasteiger partial charge in [0.2, 0.25) is 11.7 Å². The van der Waals surface area contributed by atoms with Gasteiger partial charge in [0.15, 0.2) is 12.0 Å². The van der Waals surface area contributed by atoms with Crippen LogP contribution in [0.1, 0.15) is 10.6 Å². The van der Waals surface area contributed by atoms with Crippen LogP contribution in [0, 0.1) is 0 Å². The highest BCUT2D eigenvalue weighted by molar-refractivity contribution is 5.90. The zero-order chi connectivity index (χ0) is 20.2. The molecule has 1 fully saturated rings. The van der Waals surface area contributed by atoms with Crippen LogP contribution in [0.25, 0.3) is 11.0 Å². The lowest BCUT2D eigenvalue weighted by molar-refractivity contribution is -0.134. The van der Waals surface area contributed by atoms with Crippen LogP contribution in [-0.4, -0.2) is 59.5 Å². The molecular weight excluding hydrogens is 376 g/mol. The third-order valence-electron chi connectivity index (χ3n) is 4.63. The smallest absolute Gasteiger partial charge is 0.374 e. The van der Waals surface area contributed by atoms with Gasteiger partial charge in [-0.1, -0.05) is 12.1 Å². The number of ether oxygens (including phenoxy) is 1. The Balaban J connectivity index is 1.33. The molecule has 1 aliphatic heterocycles. The van der Waals surface area contributed by atoms with Crippen LogP contribution in [0.5, 0.6) is 0 Å². The fourth-order valence-corrected chi connectivity index (χ4v) is 3.10. The maximum atomic E-state index is 12.4. The van der Waals surface area contributed by atoms with Gasteiger partial charge < -0.3 is 19.0 Å². The van der Waals surface area contributed by atoms with Gasteiger partial charge in [0.05, 0.1) is 5.39 Å². The minimum absolute atomic E-state index is 0.229. The van der Waals surface area contributed by atoms with Gasteiger partial charge in [0, 0.05) is 44.6 Å². The molecule has 1 aromatic carbocycles. The first kappa shape index (κ1) is 18.6. The van der Waals surface area contributed by atoms with E-state index in [0.717, 1.165) is 6.07 Å². The Hall–Kier alpha value is -3.75. The van der Waals surface area contributed by atoms with E-state index in [1.165, 1.54) is 0 Å². The molecule has 0 radical (unpaired) electrons. The molecule has 1 aliphatic rings. The van der Waals surface area contributed by atoms with E-state index in [9.17, 15) is 14.4 Å². The average molecular weight is 394 g/mol. The summed E-state index contributed by atoms with van der Waals surface area (Å²) in [5, 5.41) is 0.375. The first-order valence-electron chi connectivity index (χ1n) is 9.11. The summed E-state index contributed by atoms with van der Waals surface area (Å²) in [4.78, 5) is 48.7. The Morgan fingerprint density at radius 3 is 2.52 bits per heavy atom. The number of aromatic nitrogens is 2. The molecule has 148 valence electrons. The second-order valence-corrected chi connectivity index (χ2v) is 6.46. The summed E-state index contributed by atoms with van der Waals surface area (Å²) in [6.45, 7) is 1.70. The Morgan fingerprint density at radius 1 is 1.03 bits per heavy atom. The van der Waals surface area contributed by atoms with Gasteiger partial charge in [0.1, 0.15) is 5.58 Å². The number of hydrogen-bond acceptors (Lipinski definition) is 8. The van der Waals surface area contributed by atoms with Crippen LogP contribution < -0.4 is 10.3 Å². The first-order chi connectivity index (χ1) is 14.1. The van der Waals surface area contributed by atoms with E-state index >= 15 is 0 Å². The number of carbonyl (C=O) groups is 2. The van der Waals surface area contributed by atoms with Crippen molar-refractivity contribution in [2.45, 2.75) is 0 Å². The van der Waals surface area contributed by atoms with Crippen LogP contribution in [0.4, 0.5) is 5.95 Å². The third kappa shape index (κ3) is 4.08. The molecule has 2 aromatic heterocycles. The molecule has 0 aliphatic carbocycles. The lowest BCUT2D eigenvalue weighted by Crippen LogP contribution is -2.50. The van der Waals surface area contributed by atoms with Gasteiger partial charge in [-0.3, -0.25) is 9.59 Å². The normalized spacial score (nSPS) is 14.1. The van der Waals surface area contributed by atoms with E-state index in [1.54, 1.807) is 47.6 Å². The van der Waals surface area contributed by atoms with Crippen LogP contribution in [0.2, 0.25) is 0 Å². The average Bonchev–Trinajstić information content (AvgIpc) is 2.78. The predicted molar refractivity (Wildman–Crippen MR) is 104 cm³/mol. The lowest BCUT2D eigenvalue weighted by atomic mass is 10.2. The van der Waals surface area contributed by atoms with Gasteiger partial charge >= 0.3 is 5.97 Å². The maximum absolute atomic E-state index is 12.4. The van der Waals surface area contributed by atoms with Crippen molar-refractivity contribution in [3.8, 4) is 0 Å². The van der Waals surface area contributed by atoms with Crippen LogP contribution in [0.15, 0.2) is 58.0 Å². The molecule has 0 bridgehead atoms. The first-order valence-corrected chi connectivity index (χ1v) is 9.11. The number of hydrogen-bond donors (Lipinski definition) is 0. The number of nitrogens with zero attached hydrogens (tertiary/aromatic N) is 4. The summed E-state index contributed by atoms with van der Waals surface area (Å²) in [7, 11) is 0. The molecule has 1 saturated heterocycles. The zero-order valence-electron chi connectivity index (χ0n) is 15.5. The van der Waals surface area contributed by atoms with Gasteiger partial charge in [-0.2, -0.15) is 0 Å². The highest BCUT2D eigenvalue weighted by Crippen LogP contribution is 2.13. The van der Waals surface area contributed by atoms with E-state index in [4.69, 9.17) is 9.15 Å². The van der Waals surface area contributed by atoms with Gasteiger partial charge in [0.25, 0.3) is 5.91 Å². The van der Waals surface area contributed by atoms with Gasteiger partial charge in [-0.05, 0) is 18.2 Å². The molecule has 3 heterocycles. The maximum Gasteiger partial charge on any atom is 0.374 e. The topological polar surface area (TPSA) is 106 Å². The molecule has 0 atom stereocenters. The molecule has 0 spiro atoms. The molecule has 3 aromatic rings. The SMILES string of the molecule is O=C(OCC(=O)N1CCN(c2ncccn2)CC1)c1cc(=O)c2ccccc2o1. The number of rotatable bonds is 4. The second kappa shape index (κ2) is 8.09. The number of anilines is 1. The van der Waals surface area contributed by atoms with E-state index < -0.39 is 12.6 Å². The highest BCUT2D eigenvalue weighted by atomic mass is 16.5. The molecule has 0 N–H and O–H groups in total. The lowest BCUT2D eigenvalue weighted by Gasteiger charge is -2.34. The highest BCUT2D eigenvalue weighted by Gasteiger charge is 2.24. The number of para-hydroxylation sites is 1. The van der Waals surface area contributed by atoms with Crippen molar-refractivity contribution in [3.05, 3.63) is 64.8 Å².